The molecule has 1 heterocycles. The number of hydrogen-bond acceptors (Lipinski definition) is 2. The van der Waals surface area contributed by atoms with Crippen LogP contribution in [0.4, 0.5) is 18.9 Å². The van der Waals surface area contributed by atoms with Crippen LogP contribution in [0.2, 0.25) is 0 Å². The SMILES string of the molecule is FC(F)(F)c1cc(Br)cc(NCc2ccc(Br)o2)c1. The van der Waals surface area contributed by atoms with Gasteiger partial charge in [-0.1, -0.05) is 15.9 Å². The smallest absolute Gasteiger partial charge is 0.416 e. The Balaban J connectivity index is 2.14. The number of halogens is 5. The zero-order valence-corrected chi connectivity index (χ0v) is 12.6. The Bertz CT molecular complexity index is 581. The van der Waals surface area contributed by atoms with Gasteiger partial charge in [0.2, 0.25) is 0 Å². The molecule has 1 N–H and O–H groups in total. The van der Waals surface area contributed by atoms with Crippen molar-refractivity contribution in [2.24, 2.45) is 0 Å². The van der Waals surface area contributed by atoms with Crippen LogP contribution in [0.15, 0.2) is 43.9 Å². The van der Waals surface area contributed by atoms with E-state index >= 15 is 0 Å². The van der Waals surface area contributed by atoms with Gasteiger partial charge in [0.1, 0.15) is 5.76 Å². The fourth-order valence-electron chi connectivity index (χ4n) is 1.49. The fourth-order valence-corrected chi connectivity index (χ4v) is 2.32. The van der Waals surface area contributed by atoms with E-state index in [2.05, 4.69) is 37.2 Å². The molecule has 0 saturated carbocycles. The molecule has 2 aromatic rings. The molecular weight excluding hydrogens is 391 g/mol. The first-order chi connectivity index (χ1) is 8.84. The second kappa shape index (κ2) is 5.58. The number of alkyl halides is 3. The van der Waals surface area contributed by atoms with Crippen LogP contribution in [-0.2, 0) is 12.7 Å². The molecule has 0 aliphatic rings. The Labute approximate surface area is 124 Å². The lowest BCUT2D eigenvalue weighted by atomic mass is 10.2. The third kappa shape index (κ3) is 4.01. The normalized spacial score (nSPS) is 11.6. The predicted molar refractivity (Wildman–Crippen MR) is 72.9 cm³/mol. The van der Waals surface area contributed by atoms with E-state index in [1.54, 1.807) is 18.2 Å². The summed E-state index contributed by atoms with van der Waals surface area (Å²) >= 11 is 6.22. The van der Waals surface area contributed by atoms with Gasteiger partial charge >= 0.3 is 6.18 Å². The first-order valence-corrected chi connectivity index (χ1v) is 6.79. The number of benzene rings is 1. The van der Waals surface area contributed by atoms with E-state index in [0.717, 1.165) is 12.1 Å². The van der Waals surface area contributed by atoms with Crippen LogP contribution < -0.4 is 5.32 Å². The molecule has 0 amide bonds. The van der Waals surface area contributed by atoms with Crippen molar-refractivity contribution in [1.82, 2.24) is 0 Å². The van der Waals surface area contributed by atoms with Crippen molar-refractivity contribution in [2.45, 2.75) is 12.7 Å². The second-order valence-electron chi connectivity index (χ2n) is 3.79. The maximum Gasteiger partial charge on any atom is 0.416 e. The monoisotopic (exact) mass is 397 g/mol. The van der Waals surface area contributed by atoms with E-state index in [9.17, 15) is 13.2 Å². The largest absolute Gasteiger partial charge is 0.452 e. The molecule has 0 atom stereocenters. The molecular formula is C12H8Br2F3NO. The summed E-state index contributed by atoms with van der Waals surface area (Å²) < 4.78 is 44.1. The molecule has 0 spiro atoms. The first kappa shape index (κ1) is 14.5. The highest BCUT2D eigenvalue weighted by atomic mass is 79.9. The van der Waals surface area contributed by atoms with Gasteiger partial charge in [-0.05, 0) is 46.3 Å². The fraction of sp³-hybridized carbons (Fsp3) is 0.167. The summed E-state index contributed by atoms with van der Waals surface area (Å²) in [5, 5.41) is 2.88. The van der Waals surface area contributed by atoms with Gasteiger partial charge in [0.15, 0.2) is 4.67 Å². The first-order valence-electron chi connectivity index (χ1n) is 5.20. The number of furan rings is 1. The number of anilines is 1. The van der Waals surface area contributed by atoms with E-state index in [0.29, 0.717) is 27.1 Å². The molecule has 1 aromatic carbocycles. The van der Waals surface area contributed by atoms with Gasteiger partial charge < -0.3 is 9.73 Å². The van der Waals surface area contributed by atoms with Crippen LogP contribution in [0.3, 0.4) is 0 Å². The standard InChI is InChI=1S/C12H8Br2F3NO/c13-8-3-7(12(15,16)17)4-9(5-8)18-6-10-1-2-11(14)19-10/h1-5,18H,6H2. The molecule has 2 rings (SSSR count). The maximum atomic E-state index is 12.6. The van der Waals surface area contributed by atoms with Crippen molar-refractivity contribution >= 4 is 37.5 Å². The van der Waals surface area contributed by atoms with E-state index < -0.39 is 11.7 Å². The minimum absolute atomic E-state index is 0.305. The van der Waals surface area contributed by atoms with Crippen LogP contribution in [-0.4, -0.2) is 0 Å². The minimum Gasteiger partial charge on any atom is -0.452 e. The van der Waals surface area contributed by atoms with Crippen LogP contribution in [0, 0.1) is 0 Å². The van der Waals surface area contributed by atoms with Gasteiger partial charge in [-0.25, -0.2) is 0 Å². The topological polar surface area (TPSA) is 25.2 Å². The molecule has 0 aliphatic heterocycles. The molecule has 1 aromatic heterocycles. The summed E-state index contributed by atoms with van der Waals surface area (Å²) in [4.78, 5) is 0. The zero-order chi connectivity index (χ0) is 14.0. The summed E-state index contributed by atoms with van der Waals surface area (Å²) in [6, 6.07) is 7.13. The van der Waals surface area contributed by atoms with Crippen LogP contribution in [0.5, 0.6) is 0 Å². The Morgan fingerprint density at radius 3 is 2.42 bits per heavy atom. The zero-order valence-electron chi connectivity index (χ0n) is 9.39. The Hall–Kier alpha value is -0.950. The van der Waals surface area contributed by atoms with Gasteiger partial charge in [-0.2, -0.15) is 13.2 Å². The highest BCUT2D eigenvalue weighted by Crippen LogP contribution is 2.33. The Morgan fingerprint density at radius 2 is 1.84 bits per heavy atom. The van der Waals surface area contributed by atoms with Gasteiger partial charge in [0, 0.05) is 10.2 Å². The molecule has 102 valence electrons. The average molecular weight is 399 g/mol. The van der Waals surface area contributed by atoms with E-state index in [-0.39, 0.29) is 0 Å². The molecule has 0 saturated heterocycles. The molecule has 0 radical (unpaired) electrons. The quantitative estimate of drug-likeness (QED) is 0.745. The second-order valence-corrected chi connectivity index (χ2v) is 5.48. The van der Waals surface area contributed by atoms with Gasteiger partial charge in [0.25, 0.3) is 0 Å². The summed E-state index contributed by atoms with van der Waals surface area (Å²) in [6.07, 6.45) is -4.37. The molecule has 2 nitrogen and oxygen atoms in total. The van der Waals surface area contributed by atoms with Crippen molar-refractivity contribution in [3.63, 3.8) is 0 Å². The minimum atomic E-state index is -4.37. The van der Waals surface area contributed by atoms with Crippen LogP contribution in [0.25, 0.3) is 0 Å². The van der Waals surface area contributed by atoms with E-state index in [1.165, 1.54) is 0 Å². The Kier molecular flexibility index (Phi) is 4.25. The van der Waals surface area contributed by atoms with Crippen molar-refractivity contribution in [3.8, 4) is 0 Å². The Morgan fingerprint density at radius 1 is 1.11 bits per heavy atom. The van der Waals surface area contributed by atoms with Gasteiger partial charge in [-0.3, -0.25) is 0 Å². The molecule has 0 unspecified atom stereocenters. The summed E-state index contributed by atoms with van der Waals surface area (Å²) in [5.74, 6) is 0.625. The number of hydrogen-bond donors (Lipinski definition) is 1. The highest BCUT2D eigenvalue weighted by Gasteiger charge is 2.31. The lowest BCUT2D eigenvalue weighted by Gasteiger charge is -2.11. The molecule has 0 fully saturated rings. The molecule has 7 heteroatoms. The lowest BCUT2D eigenvalue weighted by molar-refractivity contribution is -0.137. The third-order valence-corrected chi connectivity index (χ3v) is 3.20. The van der Waals surface area contributed by atoms with E-state index in [4.69, 9.17) is 4.42 Å². The third-order valence-electron chi connectivity index (χ3n) is 2.32. The maximum absolute atomic E-state index is 12.6. The van der Waals surface area contributed by atoms with Crippen molar-refractivity contribution < 1.29 is 17.6 Å². The van der Waals surface area contributed by atoms with E-state index in [1.807, 2.05) is 0 Å². The summed E-state index contributed by atoms with van der Waals surface area (Å²) in [5.41, 5.74) is -0.334. The number of rotatable bonds is 3. The summed E-state index contributed by atoms with van der Waals surface area (Å²) in [6.45, 7) is 0.305. The van der Waals surface area contributed by atoms with Crippen molar-refractivity contribution in [3.05, 3.63) is 50.8 Å². The van der Waals surface area contributed by atoms with Crippen molar-refractivity contribution in [2.75, 3.05) is 5.32 Å². The average Bonchev–Trinajstić information content (AvgIpc) is 2.71. The molecule has 0 bridgehead atoms. The van der Waals surface area contributed by atoms with Gasteiger partial charge in [-0.15, -0.1) is 0 Å². The van der Waals surface area contributed by atoms with Crippen LogP contribution in [0.1, 0.15) is 11.3 Å². The van der Waals surface area contributed by atoms with Crippen molar-refractivity contribution in [1.29, 1.82) is 0 Å². The van der Waals surface area contributed by atoms with Crippen LogP contribution >= 0.6 is 31.9 Å². The molecule has 19 heavy (non-hydrogen) atoms. The lowest BCUT2D eigenvalue weighted by Crippen LogP contribution is -2.06. The molecule has 0 aliphatic carbocycles. The van der Waals surface area contributed by atoms with Gasteiger partial charge in [0.05, 0.1) is 12.1 Å². The predicted octanol–water partition coefficient (Wildman–Crippen LogP) is 5.44. The highest BCUT2D eigenvalue weighted by molar-refractivity contribution is 9.10. The summed E-state index contributed by atoms with van der Waals surface area (Å²) in [7, 11) is 0. The number of nitrogens with one attached hydrogen (secondary N) is 1.